The number of anilines is 1. The third-order valence-corrected chi connectivity index (χ3v) is 6.11. The van der Waals surface area contributed by atoms with Crippen LogP contribution in [0.2, 0.25) is 0 Å². The largest absolute Gasteiger partial charge is 0.313 e. The smallest absolute Gasteiger partial charge is 0.258 e. The van der Waals surface area contributed by atoms with Gasteiger partial charge in [0.05, 0.1) is 5.69 Å². The summed E-state index contributed by atoms with van der Waals surface area (Å²) < 4.78 is 15.4. The Morgan fingerprint density at radius 1 is 1.00 bits per heavy atom. The number of carbonyl (C=O) groups is 1. The van der Waals surface area contributed by atoms with E-state index in [0.717, 1.165) is 24.2 Å². The predicted octanol–water partition coefficient (Wildman–Crippen LogP) is 6.09. The molecule has 0 aliphatic rings. The predicted molar refractivity (Wildman–Crippen MR) is 144 cm³/mol. The highest BCUT2D eigenvalue weighted by Crippen LogP contribution is 2.23. The van der Waals surface area contributed by atoms with Gasteiger partial charge in [0.1, 0.15) is 11.5 Å². The Labute approximate surface area is 217 Å². The molecule has 0 saturated carbocycles. The third kappa shape index (κ3) is 7.07. The molecule has 7 nitrogen and oxygen atoms in total. The molecule has 8 heteroatoms. The van der Waals surface area contributed by atoms with Crippen molar-refractivity contribution in [2.45, 2.75) is 52.5 Å². The molecule has 2 aromatic carbocycles. The molecule has 37 heavy (non-hydrogen) atoms. The van der Waals surface area contributed by atoms with E-state index in [1.165, 1.54) is 48.9 Å². The molecular formula is C29H33FN6O. The average molecular weight is 501 g/mol. The van der Waals surface area contributed by atoms with Crippen LogP contribution in [0.4, 0.5) is 10.3 Å². The van der Waals surface area contributed by atoms with Crippen LogP contribution in [0.15, 0.2) is 66.9 Å². The summed E-state index contributed by atoms with van der Waals surface area (Å²) in [6.45, 7) is 5.88. The molecule has 0 fully saturated rings. The zero-order valence-corrected chi connectivity index (χ0v) is 21.4. The minimum Gasteiger partial charge on any atom is -0.313 e. The van der Waals surface area contributed by atoms with Gasteiger partial charge in [0.25, 0.3) is 5.91 Å². The molecule has 2 N–H and O–H groups in total. The number of benzene rings is 2. The van der Waals surface area contributed by atoms with Gasteiger partial charge in [-0.1, -0.05) is 56.9 Å². The van der Waals surface area contributed by atoms with Gasteiger partial charge in [-0.25, -0.2) is 4.39 Å². The lowest BCUT2D eigenvalue weighted by molar-refractivity contribution is 0.102. The molecule has 0 spiro atoms. The summed E-state index contributed by atoms with van der Waals surface area (Å²) in [5.74, 6) is -0.214. The Morgan fingerprint density at radius 3 is 2.57 bits per heavy atom. The molecule has 1 amide bonds. The molecule has 2 aromatic heterocycles. The van der Waals surface area contributed by atoms with Crippen LogP contribution in [0.25, 0.3) is 17.2 Å². The Bertz CT molecular complexity index is 1320. The molecule has 4 rings (SSSR count). The minimum absolute atomic E-state index is 0.185. The standard InChI is InChI=1S/C29H33FN6O/c1-3-4-5-6-7-17-31-20-22-13-15-23(16-14-22)28(37)34-29-33-27(26-21(2)10-9-18-32-26)35-36(29)25-12-8-11-24(30)19-25/h8-16,18-19,31H,3-7,17,20H2,1-2H3,(H,33,34,35,37). The second-order valence-corrected chi connectivity index (χ2v) is 9.06. The Hall–Kier alpha value is -3.91. The molecule has 0 saturated heterocycles. The lowest BCUT2D eigenvalue weighted by Crippen LogP contribution is -2.17. The van der Waals surface area contributed by atoms with E-state index in [0.29, 0.717) is 22.8 Å². The van der Waals surface area contributed by atoms with E-state index < -0.39 is 5.82 Å². The van der Waals surface area contributed by atoms with E-state index in [9.17, 15) is 9.18 Å². The molecule has 4 aromatic rings. The maximum atomic E-state index is 14.0. The molecule has 192 valence electrons. The van der Waals surface area contributed by atoms with Crippen LogP contribution < -0.4 is 10.6 Å². The van der Waals surface area contributed by atoms with Crippen molar-refractivity contribution in [3.05, 3.63) is 89.4 Å². The van der Waals surface area contributed by atoms with Crippen LogP contribution >= 0.6 is 0 Å². The zero-order valence-electron chi connectivity index (χ0n) is 21.4. The van der Waals surface area contributed by atoms with Crippen LogP contribution in [-0.2, 0) is 6.54 Å². The normalized spacial score (nSPS) is 11.0. The number of aryl methyl sites for hydroxylation is 1. The number of nitrogens with zero attached hydrogens (tertiary/aromatic N) is 4. The highest BCUT2D eigenvalue weighted by Gasteiger charge is 2.18. The molecule has 0 unspecified atom stereocenters. The zero-order chi connectivity index (χ0) is 26.0. The number of halogens is 1. The number of unbranched alkanes of at least 4 members (excludes halogenated alkanes) is 4. The van der Waals surface area contributed by atoms with E-state index in [1.54, 1.807) is 30.5 Å². The first kappa shape index (κ1) is 26.2. The fourth-order valence-electron chi connectivity index (χ4n) is 4.03. The molecule has 0 bridgehead atoms. The second-order valence-electron chi connectivity index (χ2n) is 9.06. The van der Waals surface area contributed by atoms with Crippen LogP contribution in [0.3, 0.4) is 0 Å². The summed E-state index contributed by atoms with van der Waals surface area (Å²) in [5.41, 5.74) is 3.53. The van der Waals surface area contributed by atoms with Gasteiger partial charge in [0, 0.05) is 18.3 Å². The molecule has 0 aliphatic carbocycles. The summed E-state index contributed by atoms with van der Waals surface area (Å²) in [6.07, 6.45) is 7.92. The lowest BCUT2D eigenvalue weighted by Gasteiger charge is -2.08. The van der Waals surface area contributed by atoms with Gasteiger partial charge in [-0.05, 0) is 67.4 Å². The van der Waals surface area contributed by atoms with Gasteiger partial charge >= 0.3 is 0 Å². The van der Waals surface area contributed by atoms with Gasteiger partial charge in [-0.15, -0.1) is 5.10 Å². The summed E-state index contributed by atoms with van der Waals surface area (Å²) >= 11 is 0. The number of hydrogen-bond acceptors (Lipinski definition) is 5. The molecule has 0 atom stereocenters. The van der Waals surface area contributed by atoms with Crippen molar-refractivity contribution >= 4 is 11.9 Å². The van der Waals surface area contributed by atoms with Crippen LogP contribution in [-0.4, -0.2) is 32.2 Å². The monoisotopic (exact) mass is 500 g/mol. The highest BCUT2D eigenvalue weighted by molar-refractivity contribution is 6.03. The van der Waals surface area contributed by atoms with Crippen molar-refractivity contribution in [2.75, 3.05) is 11.9 Å². The summed E-state index contributed by atoms with van der Waals surface area (Å²) in [4.78, 5) is 22.0. The Balaban J connectivity index is 1.46. The Kier molecular flexibility index (Phi) is 9.10. The average Bonchev–Trinajstić information content (AvgIpc) is 3.32. The topological polar surface area (TPSA) is 84.7 Å². The van der Waals surface area contributed by atoms with E-state index in [2.05, 4.69) is 32.6 Å². The van der Waals surface area contributed by atoms with Gasteiger partial charge in [-0.2, -0.15) is 9.67 Å². The summed E-state index contributed by atoms with van der Waals surface area (Å²) in [6, 6.07) is 17.2. The Morgan fingerprint density at radius 2 is 1.81 bits per heavy atom. The fraction of sp³-hybridized carbons (Fsp3) is 0.310. The maximum Gasteiger partial charge on any atom is 0.258 e. The molecule has 0 radical (unpaired) electrons. The van der Waals surface area contributed by atoms with E-state index in [-0.39, 0.29) is 11.9 Å². The fourth-order valence-corrected chi connectivity index (χ4v) is 4.03. The molecule has 2 heterocycles. The molecule has 0 aliphatic heterocycles. The van der Waals surface area contributed by atoms with Gasteiger partial charge < -0.3 is 5.32 Å². The van der Waals surface area contributed by atoms with Crippen molar-refractivity contribution in [3.8, 4) is 17.2 Å². The van der Waals surface area contributed by atoms with Crippen molar-refractivity contribution in [3.63, 3.8) is 0 Å². The quantitative estimate of drug-likeness (QED) is 0.230. The number of nitrogens with one attached hydrogen (secondary N) is 2. The SMILES string of the molecule is CCCCCCCNCc1ccc(C(=O)Nc2nc(-c3ncccc3C)nn2-c2cccc(F)c2)cc1. The van der Waals surface area contributed by atoms with Crippen LogP contribution in [0.1, 0.15) is 60.5 Å². The first-order valence-corrected chi connectivity index (χ1v) is 12.8. The number of carbonyl (C=O) groups excluding carboxylic acids is 1. The number of pyridine rings is 1. The third-order valence-electron chi connectivity index (χ3n) is 6.11. The van der Waals surface area contributed by atoms with Crippen molar-refractivity contribution in [1.29, 1.82) is 0 Å². The number of rotatable bonds is 12. The van der Waals surface area contributed by atoms with Gasteiger partial charge in [0.2, 0.25) is 11.8 Å². The van der Waals surface area contributed by atoms with Crippen LogP contribution in [0.5, 0.6) is 0 Å². The highest BCUT2D eigenvalue weighted by atomic mass is 19.1. The second kappa shape index (κ2) is 12.9. The lowest BCUT2D eigenvalue weighted by atomic mass is 10.1. The van der Waals surface area contributed by atoms with Crippen molar-refractivity contribution in [2.24, 2.45) is 0 Å². The van der Waals surface area contributed by atoms with E-state index in [1.807, 2.05) is 31.2 Å². The number of amides is 1. The van der Waals surface area contributed by atoms with E-state index >= 15 is 0 Å². The van der Waals surface area contributed by atoms with Crippen molar-refractivity contribution in [1.82, 2.24) is 25.1 Å². The molecular weight excluding hydrogens is 467 g/mol. The van der Waals surface area contributed by atoms with E-state index in [4.69, 9.17) is 0 Å². The van der Waals surface area contributed by atoms with Gasteiger partial charge in [-0.3, -0.25) is 15.1 Å². The van der Waals surface area contributed by atoms with Crippen molar-refractivity contribution < 1.29 is 9.18 Å². The number of hydrogen-bond donors (Lipinski definition) is 2. The van der Waals surface area contributed by atoms with Crippen LogP contribution in [0, 0.1) is 12.7 Å². The maximum absolute atomic E-state index is 14.0. The first-order valence-electron chi connectivity index (χ1n) is 12.8. The summed E-state index contributed by atoms with van der Waals surface area (Å²) in [5, 5.41) is 10.8. The number of aromatic nitrogens is 4. The van der Waals surface area contributed by atoms with Gasteiger partial charge in [0.15, 0.2) is 0 Å². The first-order chi connectivity index (χ1) is 18.0. The minimum atomic E-state index is -0.411. The summed E-state index contributed by atoms with van der Waals surface area (Å²) in [7, 11) is 0.